The molecule has 0 radical (unpaired) electrons. The first-order valence-corrected chi connectivity index (χ1v) is 6.52. The number of nitrogens with zero attached hydrogens (tertiary/aromatic N) is 2. The second-order valence-corrected chi connectivity index (χ2v) is 4.81. The minimum absolute atomic E-state index is 0.115. The first-order chi connectivity index (χ1) is 6.41. The third-order valence-electron chi connectivity index (χ3n) is 1.06. The van der Waals surface area contributed by atoms with Gasteiger partial charge in [0.2, 0.25) is 5.17 Å². The smallest absolute Gasteiger partial charge is 0.234 e. The first kappa shape index (κ1) is 13.2. The highest BCUT2D eigenvalue weighted by molar-refractivity contribution is 8.13. The van der Waals surface area contributed by atoms with Crippen LogP contribution in [0.5, 0.6) is 0 Å². The van der Waals surface area contributed by atoms with E-state index in [9.17, 15) is 18.5 Å². The molecule has 0 spiro atoms. The highest BCUT2D eigenvalue weighted by Gasteiger charge is 2.11. The summed E-state index contributed by atoms with van der Waals surface area (Å²) in [7, 11) is -3.59. The van der Waals surface area contributed by atoms with Gasteiger partial charge in [-0.3, -0.25) is 0 Å². The summed E-state index contributed by atoms with van der Waals surface area (Å²) >= 11 is 0.869. The SMILES string of the molecule is CCCS(=O)(=O)/N=C(/N[N+](=O)[O-])SC. The molecule has 1 N–H and O–H groups in total. The van der Waals surface area contributed by atoms with Crippen LogP contribution in [0.3, 0.4) is 0 Å². The summed E-state index contributed by atoms with van der Waals surface area (Å²) in [4.78, 5) is 10.0. The third kappa shape index (κ3) is 5.75. The summed E-state index contributed by atoms with van der Waals surface area (Å²) in [5.74, 6) is -0.115. The Balaban J connectivity index is 4.66. The van der Waals surface area contributed by atoms with Gasteiger partial charge < -0.3 is 0 Å². The van der Waals surface area contributed by atoms with E-state index in [0.717, 1.165) is 11.8 Å². The summed E-state index contributed by atoms with van der Waals surface area (Å²) in [6.07, 6.45) is 1.92. The van der Waals surface area contributed by atoms with Gasteiger partial charge in [-0.25, -0.2) is 18.5 Å². The number of rotatable bonds is 4. The molecular weight excluding hydrogens is 230 g/mol. The Hall–Kier alpha value is -0.830. The van der Waals surface area contributed by atoms with Crippen molar-refractivity contribution in [2.75, 3.05) is 12.0 Å². The number of hydrazine groups is 1. The van der Waals surface area contributed by atoms with Crippen LogP contribution in [0, 0.1) is 10.1 Å². The standard InChI is InChI=1S/C5H11N3O4S2/c1-3-4-14(11,12)7-5(13-2)6-8(9)10/h3-4H2,1-2H3,(H,6,7). The second kappa shape index (κ2) is 5.81. The lowest BCUT2D eigenvalue weighted by molar-refractivity contribution is -0.524. The summed E-state index contributed by atoms with van der Waals surface area (Å²) in [5.41, 5.74) is 1.70. The van der Waals surface area contributed by atoms with E-state index in [-0.39, 0.29) is 10.9 Å². The normalized spacial score (nSPS) is 12.6. The molecule has 0 atom stereocenters. The maximum absolute atomic E-state index is 11.1. The first-order valence-electron chi connectivity index (χ1n) is 3.69. The minimum atomic E-state index is -3.59. The van der Waals surface area contributed by atoms with Gasteiger partial charge in [0.25, 0.3) is 10.0 Å². The van der Waals surface area contributed by atoms with E-state index in [0.29, 0.717) is 6.42 Å². The molecule has 0 fully saturated rings. The zero-order valence-electron chi connectivity index (χ0n) is 7.76. The van der Waals surface area contributed by atoms with E-state index >= 15 is 0 Å². The summed E-state index contributed by atoms with van der Waals surface area (Å²) < 4.78 is 25.5. The molecule has 0 amide bonds. The zero-order valence-corrected chi connectivity index (χ0v) is 9.39. The van der Waals surface area contributed by atoms with Crippen LogP contribution >= 0.6 is 11.8 Å². The molecule has 9 heteroatoms. The van der Waals surface area contributed by atoms with Crippen LogP contribution in [0.15, 0.2) is 4.40 Å². The van der Waals surface area contributed by atoms with E-state index < -0.39 is 15.1 Å². The van der Waals surface area contributed by atoms with Crippen molar-refractivity contribution in [1.82, 2.24) is 5.43 Å². The summed E-state index contributed by atoms with van der Waals surface area (Å²) in [5, 5.41) is 8.93. The average Bonchev–Trinajstić information content (AvgIpc) is 2.01. The quantitative estimate of drug-likeness (QED) is 0.327. The van der Waals surface area contributed by atoms with Crippen molar-refractivity contribution in [3.8, 4) is 0 Å². The fourth-order valence-electron chi connectivity index (χ4n) is 0.611. The fraction of sp³-hybridized carbons (Fsp3) is 0.800. The Morgan fingerprint density at radius 2 is 2.21 bits per heavy atom. The van der Waals surface area contributed by atoms with Crippen molar-refractivity contribution in [3.05, 3.63) is 10.1 Å². The van der Waals surface area contributed by atoms with Gasteiger partial charge in [0.1, 0.15) is 0 Å². The molecule has 0 saturated heterocycles. The van der Waals surface area contributed by atoms with E-state index in [2.05, 4.69) is 4.40 Å². The van der Waals surface area contributed by atoms with E-state index in [1.165, 1.54) is 6.26 Å². The van der Waals surface area contributed by atoms with Crippen LogP contribution in [-0.4, -0.2) is 30.6 Å². The van der Waals surface area contributed by atoms with Gasteiger partial charge in [0.05, 0.1) is 5.75 Å². The Labute approximate surface area is 86.2 Å². The minimum Gasteiger partial charge on any atom is -0.234 e. The molecule has 0 bridgehead atoms. The second-order valence-electron chi connectivity index (χ2n) is 2.26. The molecule has 0 aromatic carbocycles. The lowest BCUT2D eigenvalue weighted by Crippen LogP contribution is -2.27. The molecule has 0 heterocycles. The van der Waals surface area contributed by atoms with Crippen molar-refractivity contribution >= 4 is 27.0 Å². The van der Waals surface area contributed by atoms with Crippen LogP contribution in [-0.2, 0) is 10.0 Å². The number of amidine groups is 1. The Bertz CT molecular complexity index is 324. The summed E-state index contributed by atoms with van der Waals surface area (Å²) in [6, 6.07) is 0. The van der Waals surface area contributed by atoms with Crippen LogP contribution in [0.4, 0.5) is 0 Å². The molecule has 0 aromatic rings. The Morgan fingerprint density at radius 1 is 1.64 bits per heavy atom. The molecule has 0 unspecified atom stereocenters. The number of sulfonamides is 1. The van der Waals surface area contributed by atoms with Gasteiger partial charge in [-0.05, 0) is 12.7 Å². The number of hydrogen-bond donors (Lipinski definition) is 1. The summed E-state index contributed by atoms with van der Waals surface area (Å²) in [6.45, 7) is 1.69. The number of thioether (sulfide) groups is 1. The zero-order chi connectivity index (χ0) is 11.2. The predicted molar refractivity (Wildman–Crippen MR) is 55.2 cm³/mol. The molecule has 82 valence electrons. The van der Waals surface area contributed by atoms with Gasteiger partial charge in [0.15, 0.2) is 5.03 Å². The van der Waals surface area contributed by atoms with Crippen LogP contribution in [0.1, 0.15) is 13.3 Å². The van der Waals surface area contributed by atoms with Crippen molar-refractivity contribution in [2.24, 2.45) is 4.40 Å². The van der Waals surface area contributed by atoms with Gasteiger partial charge >= 0.3 is 0 Å². The van der Waals surface area contributed by atoms with Crippen LogP contribution < -0.4 is 5.43 Å². The van der Waals surface area contributed by atoms with Crippen LogP contribution in [0.2, 0.25) is 0 Å². The topological polar surface area (TPSA) is 102 Å². The van der Waals surface area contributed by atoms with Gasteiger partial charge in [-0.1, -0.05) is 24.1 Å². The third-order valence-corrected chi connectivity index (χ3v) is 3.13. The highest BCUT2D eigenvalue weighted by atomic mass is 32.2. The molecule has 0 aromatic heterocycles. The van der Waals surface area contributed by atoms with Crippen molar-refractivity contribution in [3.63, 3.8) is 0 Å². The number of nitro groups is 1. The molecule has 0 rings (SSSR count). The molecular formula is C5H11N3O4S2. The van der Waals surface area contributed by atoms with Gasteiger partial charge in [-0.15, -0.1) is 4.40 Å². The van der Waals surface area contributed by atoms with Crippen molar-refractivity contribution < 1.29 is 13.5 Å². The fourth-order valence-corrected chi connectivity index (χ4v) is 2.32. The van der Waals surface area contributed by atoms with Crippen molar-refractivity contribution in [2.45, 2.75) is 13.3 Å². The monoisotopic (exact) mass is 241 g/mol. The van der Waals surface area contributed by atoms with Gasteiger partial charge in [-0.2, -0.15) is 0 Å². The van der Waals surface area contributed by atoms with E-state index in [1.54, 1.807) is 12.3 Å². The number of nitrogens with one attached hydrogen (secondary N) is 1. The average molecular weight is 241 g/mol. The molecule has 0 aliphatic rings. The van der Waals surface area contributed by atoms with Crippen molar-refractivity contribution in [1.29, 1.82) is 0 Å². The maximum atomic E-state index is 11.1. The lowest BCUT2D eigenvalue weighted by Gasteiger charge is -1.99. The molecule has 14 heavy (non-hydrogen) atoms. The maximum Gasteiger partial charge on any atom is 0.255 e. The largest absolute Gasteiger partial charge is 0.255 e. The molecule has 0 aliphatic heterocycles. The van der Waals surface area contributed by atoms with E-state index in [4.69, 9.17) is 0 Å². The molecule has 7 nitrogen and oxygen atoms in total. The lowest BCUT2D eigenvalue weighted by atomic mass is 10.6. The van der Waals surface area contributed by atoms with Crippen LogP contribution in [0.25, 0.3) is 0 Å². The molecule has 0 aliphatic carbocycles. The highest BCUT2D eigenvalue weighted by Crippen LogP contribution is 2.02. The van der Waals surface area contributed by atoms with E-state index in [1.807, 2.05) is 0 Å². The Kier molecular flexibility index (Phi) is 5.46. The number of hydrogen-bond acceptors (Lipinski definition) is 5. The van der Waals surface area contributed by atoms with Gasteiger partial charge in [0, 0.05) is 0 Å². The molecule has 0 saturated carbocycles. The predicted octanol–water partition coefficient (Wildman–Crippen LogP) is 0.227. The Morgan fingerprint density at radius 3 is 2.57 bits per heavy atom.